The molecule has 1 saturated heterocycles. The summed E-state index contributed by atoms with van der Waals surface area (Å²) >= 11 is 0. The van der Waals surface area contributed by atoms with Crippen LogP contribution in [-0.2, 0) is 9.53 Å². The van der Waals surface area contributed by atoms with Crippen LogP contribution < -0.4 is 11.1 Å². The molecule has 2 unspecified atom stereocenters. The Morgan fingerprint density at radius 2 is 2.26 bits per heavy atom. The fraction of sp³-hybridized carbons (Fsp3) is 0.533. The highest BCUT2D eigenvalue weighted by Crippen LogP contribution is 2.20. The Labute approximate surface area is 114 Å². The molecule has 1 aliphatic heterocycles. The van der Waals surface area contributed by atoms with Gasteiger partial charge >= 0.3 is 0 Å². The molecular formula is C15H22N2O2. The number of hydrogen-bond donors (Lipinski definition) is 2. The van der Waals surface area contributed by atoms with Gasteiger partial charge in [0, 0.05) is 12.3 Å². The van der Waals surface area contributed by atoms with Gasteiger partial charge in [-0.2, -0.15) is 0 Å². The Bertz CT molecular complexity index is 428. The third kappa shape index (κ3) is 3.96. The molecule has 0 spiro atoms. The van der Waals surface area contributed by atoms with Crippen molar-refractivity contribution in [1.29, 1.82) is 0 Å². The highest BCUT2D eigenvalue weighted by molar-refractivity contribution is 5.77. The number of ether oxygens (including phenoxy) is 1. The van der Waals surface area contributed by atoms with E-state index in [1.165, 1.54) is 0 Å². The maximum atomic E-state index is 12.0. The molecule has 2 atom stereocenters. The number of hydrogen-bond acceptors (Lipinski definition) is 3. The number of para-hydroxylation sites is 1. The third-order valence-electron chi connectivity index (χ3n) is 3.53. The van der Waals surface area contributed by atoms with Crippen molar-refractivity contribution < 1.29 is 9.53 Å². The summed E-state index contributed by atoms with van der Waals surface area (Å²) < 4.78 is 5.57. The number of rotatable bonds is 4. The zero-order valence-electron chi connectivity index (χ0n) is 11.4. The molecule has 4 heteroatoms. The lowest BCUT2D eigenvalue weighted by atomic mass is 10.0. The van der Waals surface area contributed by atoms with Crippen molar-refractivity contribution in [2.75, 3.05) is 12.3 Å². The van der Waals surface area contributed by atoms with Crippen molar-refractivity contribution in [3.05, 3.63) is 29.8 Å². The molecule has 0 aromatic heterocycles. The second-order valence-electron chi connectivity index (χ2n) is 5.11. The molecule has 3 N–H and O–H groups in total. The maximum Gasteiger partial charge on any atom is 0.223 e. The van der Waals surface area contributed by atoms with Gasteiger partial charge in [0.25, 0.3) is 0 Å². The lowest BCUT2D eigenvalue weighted by Gasteiger charge is -2.23. The van der Waals surface area contributed by atoms with Crippen LogP contribution in [0.1, 0.15) is 44.2 Å². The van der Waals surface area contributed by atoms with E-state index in [0.717, 1.165) is 31.4 Å². The third-order valence-corrected chi connectivity index (χ3v) is 3.53. The topological polar surface area (TPSA) is 64.3 Å². The number of nitrogens with two attached hydrogens (primary N) is 1. The summed E-state index contributed by atoms with van der Waals surface area (Å²) in [7, 11) is 0. The molecule has 2 rings (SSSR count). The van der Waals surface area contributed by atoms with E-state index >= 15 is 0 Å². The van der Waals surface area contributed by atoms with Gasteiger partial charge in [-0.15, -0.1) is 0 Å². The van der Waals surface area contributed by atoms with Crippen LogP contribution in [0.5, 0.6) is 0 Å². The number of anilines is 1. The van der Waals surface area contributed by atoms with Crippen molar-refractivity contribution in [2.45, 2.75) is 44.8 Å². The monoisotopic (exact) mass is 262 g/mol. The summed E-state index contributed by atoms with van der Waals surface area (Å²) in [4.78, 5) is 12.0. The lowest BCUT2D eigenvalue weighted by molar-refractivity contribution is -0.125. The van der Waals surface area contributed by atoms with E-state index < -0.39 is 0 Å². The van der Waals surface area contributed by atoms with Crippen molar-refractivity contribution in [3.63, 3.8) is 0 Å². The second-order valence-corrected chi connectivity index (χ2v) is 5.11. The number of nitrogens with one attached hydrogen (secondary N) is 1. The van der Waals surface area contributed by atoms with Gasteiger partial charge < -0.3 is 15.8 Å². The first-order chi connectivity index (χ1) is 9.16. The molecule has 1 fully saturated rings. The first-order valence-corrected chi connectivity index (χ1v) is 6.92. The van der Waals surface area contributed by atoms with Crippen LogP contribution in [0, 0.1) is 0 Å². The van der Waals surface area contributed by atoms with Gasteiger partial charge in [0.15, 0.2) is 0 Å². The zero-order valence-corrected chi connectivity index (χ0v) is 11.4. The van der Waals surface area contributed by atoms with Gasteiger partial charge in [-0.25, -0.2) is 0 Å². The van der Waals surface area contributed by atoms with E-state index in [1.54, 1.807) is 0 Å². The fourth-order valence-corrected chi connectivity index (χ4v) is 2.46. The average Bonchev–Trinajstić information content (AvgIpc) is 2.40. The minimum atomic E-state index is -0.0720. The minimum Gasteiger partial charge on any atom is -0.398 e. The normalized spacial score (nSPS) is 20.8. The van der Waals surface area contributed by atoms with E-state index in [-0.39, 0.29) is 18.1 Å². The quantitative estimate of drug-likeness (QED) is 0.819. The summed E-state index contributed by atoms with van der Waals surface area (Å²) in [6.07, 6.45) is 3.76. The van der Waals surface area contributed by atoms with Gasteiger partial charge in [0.2, 0.25) is 5.91 Å². The summed E-state index contributed by atoms with van der Waals surface area (Å²) in [5.74, 6) is 0.0302. The Morgan fingerprint density at radius 3 is 2.95 bits per heavy atom. The summed E-state index contributed by atoms with van der Waals surface area (Å²) in [6, 6.07) is 7.54. The standard InChI is InChI=1S/C15H22N2O2/c1-11(13-7-2-3-8-14(13)16)17-15(18)10-12-6-4-5-9-19-12/h2-3,7-8,11-12H,4-6,9-10,16H2,1H3,(H,17,18). The van der Waals surface area contributed by atoms with E-state index in [9.17, 15) is 4.79 Å². The Hall–Kier alpha value is -1.55. The average molecular weight is 262 g/mol. The Kier molecular flexibility index (Phi) is 4.80. The van der Waals surface area contributed by atoms with E-state index in [4.69, 9.17) is 10.5 Å². The molecule has 104 valence electrons. The van der Waals surface area contributed by atoms with Crippen LogP contribution in [-0.4, -0.2) is 18.6 Å². The van der Waals surface area contributed by atoms with Crippen LogP contribution in [0.2, 0.25) is 0 Å². The number of carbonyl (C=O) groups excluding carboxylic acids is 1. The van der Waals surface area contributed by atoms with Gasteiger partial charge in [0.1, 0.15) is 0 Å². The molecular weight excluding hydrogens is 240 g/mol. The SMILES string of the molecule is CC(NC(=O)CC1CCCCO1)c1ccccc1N. The summed E-state index contributed by atoms with van der Waals surface area (Å²) in [5.41, 5.74) is 7.58. The maximum absolute atomic E-state index is 12.0. The van der Waals surface area contributed by atoms with Crippen molar-refractivity contribution in [2.24, 2.45) is 0 Å². The molecule has 1 amide bonds. The van der Waals surface area contributed by atoms with Crippen molar-refractivity contribution >= 4 is 11.6 Å². The van der Waals surface area contributed by atoms with Gasteiger partial charge in [-0.1, -0.05) is 18.2 Å². The Morgan fingerprint density at radius 1 is 1.47 bits per heavy atom. The molecule has 1 heterocycles. The molecule has 0 saturated carbocycles. The molecule has 1 aromatic rings. The number of nitrogen functional groups attached to an aromatic ring is 1. The van der Waals surface area contributed by atoms with Crippen molar-refractivity contribution in [1.82, 2.24) is 5.32 Å². The largest absolute Gasteiger partial charge is 0.398 e. The predicted molar refractivity (Wildman–Crippen MR) is 75.6 cm³/mol. The minimum absolute atomic E-state index is 0.0302. The molecule has 0 aliphatic carbocycles. The number of benzene rings is 1. The van der Waals surface area contributed by atoms with E-state index in [1.807, 2.05) is 31.2 Å². The van der Waals surface area contributed by atoms with Crippen LogP contribution in [0.3, 0.4) is 0 Å². The first kappa shape index (κ1) is 13.9. The molecule has 19 heavy (non-hydrogen) atoms. The molecule has 0 bridgehead atoms. The van der Waals surface area contributed by atoms with E-state index in [0.29, 0.717) is 12.1 Å². The van der Waals surface area contributed by atoms with Gasteiger partial charge in [0.05, 0.1) is 18.6 Å². The lowest BCUT2D eigenvalue weighted by Crippen LogP contribution is -2.32. The summed E-state index contributed by atoms with van der Waals surface area (Å²) in [5, 5.41) is 2.99. The second kappa shape index (κ2) is 6.57. The highest BCUT2D eigenvalue weighted by atomic mass is 16.5. The van der Waals surface area contributed by atoms with Crippen LogP contribution >= 0.6 is 0 Å². The summed E-state index contributed by atoms with van der Waals surface area (Å²) in [6.45, 7) is 2.73. The van der Waals surface area contributed by atoms with Crippen LogP contribution in [0.15, 0.2) is 24.3 Å². The zero-order chi connectivity index (χ0) is 13.7. The van der Waals surface area contributed by atoms with Crippen molar-refractivity contribution in [3.8, 4) is 0 Å². The highest BCUT2D eigenvalue weighted by Gasteiger charge is 2.19. The smallest absolute Gasteiger partial charge is 0.223 e. The van der Waals surface area contributed by atoms with Gasteiger partial charge in [-0.3, -0.25) is 4.79 Å². The molecule has 0 radical (unpaired) electrons. The Balaban J connectivity index is 1.86. The number of carbonyl (C=O) groups is 1. The molecule has 1 aliphatic rings. The van der Waals surface area contributed by atoms with Crippen LogP contribution in [0.25, 0.3) is 0 Å². The molecule has 1 aromatic carbocycles. The van der Waals surface area contributed by atoms with Gasteiger partial charge in [-0.05, 0) is 37.8 Å². The number of amides is 1. The molecule has 4 nitrogen and oxygen atoms in total. The van der Waals surface area contributed by atoms with E-state index in [2.05, 4.69) is 5.32 Å². The first-order valence-electron chi connectivity index (χ1n) is 6.92. The fourth-order valence-electron chi connectivity index (χ4n) is 2.46. The predicted octanol–water partition coefficient (Wildman–Crippen LogP) is 2.41. The van der Waals surface area contributed by atoms with Crippen LogP contribution in [0.4, 0.5) is 5.69 Å².